The van der Waals surface area contributed by atoms with E-state index in [2.05, 4.69) is 6.58 Å². The van der Waals surface area contributed by atoms with Crippen LogP contribution in [0, 0.1) is 0 Å². The molecule has 0 aliphatic rings. The highest BCUT2D eigenvalue weighted by Crippen LogP contribution is 2.25. The van der Waals surface area contributed by atoms with E-state index >= 15 is 0 Å². The van der Waals surface area contributed by atoms with Crippen LogP contribution in [0.4, 0.5) is 0 Å². The molecule has 0 heterocycles. The molecular formula is C11H12O3. The molecule has 74 valence electrons. The quantitative estimate of drug-likeness (QED) is 0.544. The average Bonchev–Trinajstić information content (AvgIpc) is 2.16. The van der Waals surface area contributed by atoms with E-state index in [1.54, 1.807) is 31.4 Å². The molecular weight excluding hydrogens is 180 g/mol. The minimum atomic E-state index is -0.360. The molecule has 0 unspecified atom stereocenters. The van der Waals surface area contributed by atoms with Crippen molar-refractivity contribution < 1.29 is 14.3 Å². The van der Waals surface area contributed by atoms with Gasteiger partial charge in [0.05, 0.1) is 7.11 Å². The van der Waals surface area contributed by atoms with Gasteiger partial charge >= 0.3 is 5.97 Å². The Hall–Kier alpha value is -1.77. The first-order valence-corrected chi connectivity index (χ1v) is 4.16. The lowest BCUT2D eigenvalue weighted by molar-refractivity contribution is -0.131. The Morgan fingerprint density at radius 2 is 2.21 bits per heavy atom. The van der Waals surface area contributed by atoms with Gasteiger partial charge in [0.25, 0.3) is 0 Å². The van der Waals surface area contributed by atoms with Crippen LogP contribution in [0.2, 0.25) is 0 Å². The van der Waals surface area contributed by atoms with E-state index in [-0.39, 0.29) is 5.97 Å². The molecule has 0 fully saturated rings. The monoisotopic (exact) mass is 192 g/mol. The van der Waals surface area contributed by atoms with E-state index < -0.39 is 0 Å². The number of esters is 1. The number of rotatable bonds is 3. The summed E-state index contributed by atoms with van der Waals surface area (Å²) in [6, 6.07) is 5.21. The maximum atomic E-state index is 10.8. The molecule has 0 amide bonds. The van der Waals surface area contributed by atoms with Crippen molar-refractivity contribution in [3.63, 3.8) is 0 Å². The number of hydrogen-bond acceptors (Lipinski definition) is 3. The zero-order valence-corrected chi connectivity index (χ0v) is 8.24. The highest BCUT2D eigenvalue weighted by Gasteiger charge is 2.05. The van der Waals surface area contributed by atoms with Gasteiger partial charge < -0.3 is 9.47 Å². The first kappa shape index (κ1) is 10.3. The van der Waals surface area contributed by atoms with Crippen molar-refractivity contribution in [2.45, 2.75) is 6.92 Å². The van der Waals surface area contributed by atoms with E-state index in [1.807, 2.05) is 0 Å². The summed E-state index contributed by atoms with van der Waals surface area (Å²) in [5.41, 5.74) is 0.765. The summed E-state index contributed by atoms with van der Waals surface area (Å²) in [4.78, 5) is 10.8. The third kappa shape index (κ3) is 2.36. The van der Waals surface area contributed by atoms with Crippen LogP contribution in [0.5, 0.6) is 11.5 Å². The van der Waals surface area contributed by atoms with Crippen LogP contribution < -0.4 is 9.47 Å². The smallest absolute Gasteiger partial charge is 0.308 e. The molecule has 0 atom stereocenters. The molecule has 1 aromatic rings. The van der Waals surface area contributed by atoms with Gasteiger partial charge in [-0.1, -0.05) is 12.7 Å². The second-order valence-corrected chi connectivity index (χ2v) is 2.70. The number of carbonyl (C=O) groups excluding carboxylic acids is 1. The van der Waals surface area contributed by atoms with Crippen molar-refractivity contribution in [1.82, 2.24) is 0 Å². The van der Waals surface area contributed by atoms with Crippen LogP contribution in [0.1, 0.15) is 12.5 Å². The Labute approximate surface area is 83.0 Å². The largest absolute Gasteiger partial charge is 0.497 e. The first-order valence-electron chi connectivity index (χ1n) is 4.16. The van der Waals surface area contributed by atoms with Crippen LogP contribution in [0.15, 0.2) is 24.8 Å². The summed E-state index contributed by atoms with van der Waals surface area (Å²) in [5, 5.41) is 0. The number of benzene rings is 1. The fraction of sp³-hybridized carbons (Fsp3) is 0.182. The summed E-state index contributed by atoms with van der Waals surface area (Å²) in [7, 11) is 1.56. The Kier molecular flexibility index (Phi) is 3.29. The maximum absolute atomic E-state index is 10.8. The molecule has 0 saturated carbocycles. The van der Waals surface area contributed by atoms with Crippen LogP contribution in [-0.2, 0) is 4.79 Å². The van der Waals surface area contributed by atoms with Gasteiger partial charge in [-0.2, -0.15) is 0 Å². The van der Waals surface area contributed by atoms with E-state index in [9.17, 15) is 4.79 Å². The van der Waals surface area contributed by atoms with E-state index in [0.717, 1.165) is 5.56 Å². The van der Waals surface area contributed by atoms with Gasteiger partial charge in [0.1, 0.15) is 11.5 Å². The zero-order valence-electron chi connectivity index (χ0n) is 8.24. The fourth-order valence-corrected chi connectivity index (χ4v) is 1.05. The predicted octanol–water partition coefficient (Wildman–Crippen LogP) is 2.26. The second kappa shape index (κ2) is 4.46. The highest BCUT2D eigenvalue weighted by molar-refractivity contribution is 5.72. The lowest BCUT2D eigenvalue weighted by Crippen LogP contribution is -2.02. The number of methoxy groups -OCH3 is 1. The Balaban J connectivity index is 3.07. The number of carbonyl (C=O) groups is 1. The van der Waals surface area contributed by atoms with Gasteiger partial charge in [-0.15, -0.1) is 0 Å². The van der Waals surface area contributed by atoms with Crippen LogP contribution >= 0.6 is 0 Å². The molecule has 3 heteroatoms. The molecule has 14 heavy (non-hydrogen) atoms. The third-order valence-corrected chi connectivity index (χ3v) is 1.69. The maximum Gasteiger partial charge on any atom is 0.308 e. The zero-order chi connectivity index (χ0) is 10.6. The minimum absolute atomic E-state index is 0.360. The molecule has 0 aliphatic carbocycles. The standard InChI is InChI=1S/C11H12O3/c1-4-9-5-6-10(13-3)7-11(9)14-8(2)12/h4-7H,1H2,2-3H3. The van der Waals surface area contributed by atoms with Gasteiger partial charge in [-0.3, -0.25) is 4.79 Å². The molecule has 1 aromatic carbocycles. The molecule has 0 saturated heterocycles. The van der Waals surface area contributed by atoms with E-state index in [4.69, 9.17) is 9.47 Å². The van der Waals surface area contributed by atoms with Gasteiger partial charge in [0.15, 0.2) is 0 Å². The Morgan fingerprint density at radius 1 is 1.50 bits per heavy atom. The van der Waals surface area contributed by atoms with Gasteiger partial charge in [-0.05, 0) is 12.1 Å². The van der Waals surface area contributed by atoms with E-state index in [0.29, 0.717) is 11.5 Å². The van der Waals surface area contributed by atoms with Gasteiger partial charge in [0, 0.05) is 18.6 Å². The van der Waals surface area contributed by atoms with Crippen LogP contribution in [0.25, 0.3) is 6.08 Å². The minimum Gasteiger partial charge on any atom is -0.497 e. The SMILES string of the molecule is C=Cc1ccc(OC)cc1OC(C)=O. The summed E-state index contributed by atoms with van der Waals surface area (Å²) < 4.78 is 10.00. The molecule has 3 nitrogen and oxygen atoms in total. The molecule has 0 N–H and O–H groups in total. The van der Waals surface area contributed by atoms with Crippen molar-refractivity contribution in [2.75, 3.05) is 7.11 Å². The van der Waals surface area contributed by atoms with E-state index in [1.165, 1.54) is 6.92 Å². The molecule has 0 radical (unpaired) electrons. The average molecular weight is 192 g/mol. The van der Waals surface area contributed by atoms with Gasteiger partial charge in [0.2, 0.25) is 0 Å². The summed E-state index contributed by atoms with van der Waals surface area (Å²) in [6.45, 7) is 4.98. The normalized spacial score (nSPS) is 9.29. The van der Waals surface area contributed by atoms with Crippen molar-refractivity contribution in [3.8, 4) is 11.5 Å². The third-order valence-electron chi connectivity index (χ3n) is 1.69. The molecule has 0 bridgehead atoms. The van der Waals surface area contributed by atoms with Gasteiger partial charge in [-0.25, -0.2) is 0 Å². The van der Waals surface area contributed by atoms with Crippen molar-refractivity contribution in [3.05, 3.63) is 30.3 Å². The molecule has 0 spiro atoms. The predicted molar refractivity (Wildman–Crippen MR) is 54.4 cm³/mol. The lowest BCUT2D eigenvalue weighted by Gasteiger charge is -2.07. The molecule has 0 aromatic heterocycles. The highest BCUT2D eigenvalue weighted by atomic mass is 16.5. The van der Waals surface area contributed by atoms with Crippen molar-refractivity contribution in [1.29, 1.82) is 0 Å². The lowest BCUT2D eigenvalue weighted by atomic mass is 10.2. The van der Waals surface area contributed by atoms with Crippen LogP contribution in [0.3, 0.4) is 0 Å². The first-order chi connectivity index (χ1) is 6.67. The Bertz CT molecular complexity index is 356. The topological polar surface area (TPSA) is 35.5 Å². The summed E-state index contributed by atoms with van der Waals surface area (Å²) >= 11 is 0. The molecule has 1 rings (SSSR count). The number of ether oxygens (including phenoxy) is 2. The van der Waals surface area contributed by atoms with Crippen molar-refractivity contribution in [2.24, 2.45) is 0 Å². The summed E-state index contributed by atoms with van der Waals surface area (Å²) in [6.07, 6.45) is 1.62. The number of hydrogen-bond donors (Lipinski definition) is 0. The van der Waals surface area contributed by atoms with Crippen LogP contribution in [-0.4, -0.2) is 13.1 Å². The summed E-state index contributed by atoms with van der Waals surface area (Å²) in [5.74, 6) is 0.750. The fourth-order valence-electron chi connectivity index (χ4n) is 1.05. The molecule has 0 aliphatic heterocycles. The second-order valence-electron chi connectivity index (χ2n) is 2.70. The Morgan fingerprint density at radius 3 is 2.71 bits per heavy atom. The van der Waals surface area contributed by atoms with Crippen molar-refractivity contribution >= 4 is 12.0 Å².